The first kappa shape index (κ1) is 17.3. The van der Waals surface area contributed by atoms with Crippen molar-refractivity contribution in [2.24, 2.45) is 0 Å². The highest BCUT2D eigenvalue weighted by Gasteiger charge is 2.27. The van der Waals surface area contributed by atoms with E-state index in [-0.39, 0.29) is 39.1 Å². The Morgan fingerprint density at radius 1 is 1.19 bits per heavy atom. The highest BCUT2D eigenvalue weighted by atomic mass is 19.1. The van der Waals surface area contributed by atoms with Crippen molar-refractivity contribution in [3.05, 3.63) is 53.3 Å². The fourth-order valence-electron chi connectivity index (χ4n) is 3.02. The minimum atomic E-state index is -0.620. The molecule has 0 fully saturated rings. The minimum Gasteiger partial charge on any atom is -0.482 e. The molecule has 2 aromatic rings. The average Bonchev–Trinajstić information content (AvgIpc) is 2.68. The van der Waals surface area contributed by atoms with Crippen LogP contribution < -0.4 is 14.4 Å². The van der Waals surface area contributed by atoms with E-state index in [2.05, 4.69) is 0 Å². The van der Waals surface area contributed by atoms with Gasteiger partial charge in [0.1, 0.15) is 30.5 Å². The number of benzene rings is 2. The van der Waals surface area contributed by atoms with Crippen LogP contribution in [0.25, 0.3) is 0 Å². The number of halogens is 1. The van der Waals surface area contributed by atoms with Gasteiger partial charge in [-0.25, -0.2) is 4.39 Å². The molecule has 7 nitrogen and oxygen atoms in total. The topological polar surface area (TPSA) is 74.3 Å². The maximum atomic E-state index is 13.8. The van der Waals surface area contributed by atoms with E-state index in [9.17, 15) is 14.0 Å². The van der Waals surface area contributed by atoms with Crippen LogP contribution in [0.3, 0.4) is 0 Å². The van der Waals surface area contributed by atoms with Crippen LogP contribution in [0.1, 0.15) is 11.1 Å². The van der Waals surface area contributed by atoms with Crippen molar-refractivity contribution < 1.29 is 32.9 Å². The first-order chi connectivity index (χ1) is 13.1. The number of rotatable bonds is 4. The molecule has 0 radical (unpaired) electrons. The molecule has 0 saturated heterocycles. The first-order valence-corrected chi connectivity index (χ1v) is 8.31. The Morgan fingerprint density at radius 2 is 2.04 bits per heavy atom. The Morgan fingerprint density at radius 3 is 2.93 bits per heavy atom. The van der Waals surface area contributed by atoms with E-state index >= 15 is 0 Å². The van der Waals surface area contributed by atoms with Crippen molar-refractivity contribution in [2.45, 2.75) is 13.2 Å². The molecule has 0 unspecified atom stereocenters. The third-order valence-corrected chi connectivity index (χ3v) is 4.24. The second-order valence-electron chi connectivity index (χ2n) is 6.06. The number of nitrogens with zero attached hydrogens (tertiary/aromatic N) is 1. The van der Waals surface area contributed by atoms with Crippen molar-refractivity contribution in [3.8, 4) is 11.5 Å². The second-order valence-corrected chi connectivity index (χ2v) is 6.06. The molecule has 0 atom stereocenters. The normalized spacial score (nSPS) is 15.3. The predicted octanol–water partition coefficient (Wildman–Crippen LogP) is 2.16. The molecular weight excluding hydrogens is 357 g/mol. The summed E-state index contributed by atoms with van der Waals surface area (Å²) in [7, 11) is 0. The van der Waals surface area contributed by atoms with Crippen LogP contribution in [-0.4, -0.2) is 31.8 Å². The van der Waals surface area contributed by atoms with Crippen LogP contribution in [0, 0.1) is 5.82 Å². The summed E-state index contributed by atoms with van der Waals surface area (Å²) < 4.78 is 34.9. The summed E-state index contributed by atoms with van der Waals surface area (Å²) in [6.45, 7) is -0.291. The predicted molar refractivity (Wildman–Crippen MR) is 90.8 cm³/mol. The van der Waals surface area contributed by atoms with Crippen molar-refractivity contribution in [1.82, 2.24) is 0 Å². The Hall–Kier alpha value is -3.13. The van der Waals surface area contributed by atoms with Crippen LogP contribution in [0.5, 0.6) is 11.5 Å². The van der Waals surface area contributed by atoms with Crippen LogP contribution in [0.4, 0.5) is 10.1 Å². The molecule has 8 heteroatoms. The molecule has 4 rings (SSSR count). The van der Waals surface area contributed by atoms with Gasteiger partial charge in [-0.1, -0.05) is 12.1 Å². The van der Waals surface area contributed by atoms with Gasteiger partial charge in [0.25, 0.3) is 5.91 Å². The maximum Gasteiger partial charge on any atom is 0.326 e. The standard InChI is InChI=1S/C19H16FNO6/c20-14-5-12-8-24-11-27-19(12)13(6-14)9-26-18(23)7-21-15-3-1-2-4-16(15)25-10-17(21)22/h1-6H,7-11H2. The summed E-state index contributed by atoms with van der Waals surface area (Å²) in [6, 6.07) is 9.52. The fourth-order valence-corrected chi connectivity index (χ4v) is 3.02. The number of hydrogen-bond donors (Lipinski definition) is 0. The number of para-hydroxylation sites is 2. The summed E-state index contributed by atoms with van der Waals surface area (Å²) in [4.78, 5) is 25.7. The maximum absolute atomic E-state index is 13.8. The number of hydrogen-bond acceptors (Lipinski definition) is 6. The number of anilines is 1. The SMILES string of the molecule is O=C(CN1C(=O)COc2ccccc21)OCc1cc(F)cc2c1OCOC2. The number of esters is 1. The average molecular weight is 373 g/mol. The van der Waals surface area contributed by atoms with E-state index in [1.165, 1.54) is 17.0 Å². The highest BCUT2D eigenvalue weighted by Crippen LogP contribution is 2.32. The molecule has 0 saturated carbocycles. The quantitative estimate of drug-likeness (QED) is 0.765. The van der Waals surface area contributed by atoms with E-state index in [0.717, 1.165) is 0 Å². The van der Waals surface area contributed by atoms with E-state index in [0.29, 0.717) is 28.3 Å². The number of ether oxygens (including phenoxy) is 4. The summed E-state index contributed by atoms with van der Waals surface area (Å²) in [6.07, 6.45) is 0. The Kier molecular flexibility index (Phi) is 4.64. The molecule has 1 amide bonds. The number of amides is 1. The van der Waals surface area contributed by atoms with Crippen LogP contribution in [0.2, 0.25) is 0 Å². The van der Waals surface area contributed by atoms with E-state index in [1.54, 1.807) is 24.3 Å². The summed E-state index contributed by atoms with van der Waals surface area (Å²) in [5.74, 6) is -0.439. The molecular formula is C19H16FNO6. The summed E-state index contributed by atoms with van der Waals surface area (Å²) >= 11 is 0. The number of carbonyl (C=O) groups excluding carboxylic acids is 2. The largest absolute Gasteiger partial charge is 0.482 e. The Balaban J connectivity index is 1.45. The molecule has 27 heavy (non-hydrogen) atoms. The van der Waals surface area contributed by atoms with Gasteiger partial charge in [0.2, 0.25) is 0 Å². The van der Waals surface area contributed by atoms with Crippen LogP contribution in [0.15, 0.2) is 36.4 Å². The summed E-state index contributed by atoms with van der Waals surface area (Å²) in [5, 5.41) is 0. The van der Waals surface area contributed by atoms with Gasteiger partial charge in [-0.15, -0.1) is 0 Å². The fraction of sp³-hybridized carbons (Fsp3) is 0.263. The number of carbonyl (C=O) groups is 2. The molecule has 140 valence electrons. The molecule has 2 heterocycles. The van der Waals surface area contributed by atoms with Gasteiger partial charge in [0, 0.05) is 11.1 Å². The zero-order chi connectivity index (χ0) is 18.8. The second kappa shape index (κ2) is 7.24. The third kappa shape index (κ3) is 3.56. The monoisotopic (exact) mass is 373 g/mol. The Bertz CT molecular complexity index is 900. The molecule has 0 bridgehead atoms. The van der Waals surface area contributed by atoms with Gasteiger partial charge >= 0.3 is 5.97 Å². The lowest BCUT2D eigenvalue weighted by molar-refractivity contribution is -0.144. The van der Waals surface area contributed by atoms with Crippen LogP contribution >= 0.6 is 0 Å². The van der Waals surface area contributed by atoms with E-state index in [4.69, 9.17) is 18.9 Å². The molecule has 0 N–H and O–H groups in total. The molecule has 0 aromatic heterocycles. The van der Waals surface area contributed by atoms with Gasteiger partial charge in [-0.05, 0) is 24.3 Å². The summed E-state index contributed by atoms with van der Waals surface area (Å²) in [5.41, 5.74) is 1.48. The molecule has 2 aromatic carbocycles. The molecule has 2 aliphatic heterocycles. The van der Waals surface area contributed by atoms with Crippen molar-refractivity contribution in [3.63, 3.8) is 0 Å². The van der Waals surface area contributed by atoms with Gasteiger partial charge in [-0.3, -0.25) is 14.5 Å². The van der Waals surface area contributed by atoms with Crippen molar-refractivity contribution in [2.75, 3.05) is 24.8 Å². The van der Waals surface area contributed by atoms with Crippen molar-refractivity contribution >= 4 is 17.6 Å². The third-order valence-electron chi connectivity index (χ3n) is 4.24. The smallest absolute Gasteiger partial charge is 0.326 e. The van der Waals surface area contributed by atoms with Crippen LogP contribution in [-0.2, 0) is 32.3 Å². The molecule has 0 aliphatic carbocycles. The Labute approximate surface area is 154 Å². The van der Waals surface area contributed by atoms with E-state index < -0.39 is 11.8 Å². The zero-order valence-electron chi connectivity index (χ0n) is 14.3. The lowest BCUT2D eigenvalue weighted by Crippen LogP contribution is -2.42. The van der Waals surface area contributed by atoms with Gasteiger partial charge in [-0.2, -0.15) is 0 Å². The molecule has 2 aliphatic rings. The van der Waals surface area contributed by atoms with Gasteiger partial charge in [0.15, 0.2) is 13.4 Å². The lowest BCUT2D eigenvalue weighted by Gasteiger charge is -2.28. The lowest BCUT2D eigenvalue weighted by atomic mass is 10.1. The zero-order valence-corrected chi connectivity index (χ0v) is 14.3. The van der Waals surface area contributed by atoms with Gasteiger partial charge in [0.05, 0.1) is 12.3 Å². The van der Waals surface area contributed by atoms with E-state index in [1.807, 2.05) is 0 Å². The minimum absolute atomic E-state index is 0.0542. The van der Waals surface area contributed by atoms with Crippen molar-refractivity contribution in [1.29, 1.82) is 0 Å². The highest BCUT2D eigenvalue weighted by molar-refractivity contribution is 6.01. The number of fused-ring (bicyclic) bond motifs is 2. The first-order valence-electron chi connectivity index (χ1n) is 8.31. The van der Waals surface area contributed by atoms with Gasteiger partial charge < -0.3 is 18.9 Å². The molecule has 0 spiro atoms.